The third-order valence-corrected chi connectivity index (χ3v) is 12.1. The minimum atomic E-state index is -1.02. The first-order chi connectivity index (χ1) is 34.7. The van der Waals surface area contributed by atoms with Crippen LogP contribution >= 0.6 is 0 Å². The predicted octanol–water partition coefficient (Wildman–Crippen LogP) is -1.47. The van der Waals surface area contributed by atoms with E-state index in [4.69, 9.17) is 55.3 Å². The van der Waals surface area contributed by atoms with Crippen LogP contribution in [0, 0.1) is 0 Å². The number of carbonyl (C=O) groups is 7. The van der Waals surface area contributed by atoms with Gasteiger partial charge in [0.2, 0.25) is 35.4 Å². The molecule has 22 N–H and O–H groups in total. The zero-order chi connectivity index (χ0) is 53.8. The number of hydrogen-bond donors (Lipinski definition) is 14. The van der Waals surface area contributed by atoms with Gasteiger partial charge in [0.25, 0.3) is 0 Å². The maximum absolute atomic E-state index is 14.0. The van der Waals surface area contributed by atoms with E-state index in [0.717, 1.165) is 25.7 Å². The van der Waals surface area contributed by atoms with E-state index in [2.05, 4.69) is 31.9 Å². The summed E-state index contributed by atoms with van der Waals surface area (Å²) in [5.74, 6) is -2.65. The predicted molar refractivity (Wildman–Crippen MR) is 281 cm³/mol. The summed E-state index contributed by atoms with van der Waals surface area (Å²) < 4.78 is 10.9. The Bertz CT molecular complexity index is 1470. The Balaban J connectivity index is 5.89. The Morgan fingerprint density at radius 1 is 0.361 bits per heavy atom. The van der Waals surface area contributed by atoms with E-state index in [-0.39, 0.29) is 49.8 Å². The molecule has 0 aliphatic carbocycles. The topological polar surface area (TPSA) is 418 Å². The molecular weight excluding hydrogens is 929 g/mol. The van der Waals surface area contributed by atoms with Crippen molar-refractivity contribution in [3.63, 3.8) is 0 Å². The van der Waals surface area contributed by atoms with Gasteiger partial charge >= 0.3 is 0 Å². The van der Waals surface area contributed by atoms with Crippen LogP contribution in [0.15, 0.2) is 0 Å². The third kappa shape index (κ3) is 35.3. The van der Waals surface area contributed by atoms with Gasteiger partial charge in [-0.15, -0.1) is 0 Å². The van der Waals surface area contributed by atoms with Crippen LogP contribution in [-0.2, 0) is 43.0 Å². The number of ketones is 1. The molecule has 0 aromatic carbocycles. The van der Waals surface area contributed by atoms with Crippen molar-refractivity contribution >= 4 is 41.2 Å². The molecule has 420 valence electrons. The van der Waals surface area contributed by atoms with E-state index in [1.165, 1.54) is 0 Å². The van der Waals surface area contributed by atoms with E-state index in [0.29, 0.717) is 162 Å². The lowest BCUT2D eigenvalue weighted by Crippen LogP contribution is -2.54. The van der Waals surface area contributed by atoms with Gasteiger partial charge in [-0.1, -0.05) is 25.7 Å². The number of hydrogen-bond acceptors (Lipinski definition) is 17. The van der Waals surface area contributed by atoms with Gasteiger partial charge in [-0.3, -0.25) is 33.6 Å². The Kier molecular flexibility index (Phi) is 43.2. The summed E-state index contributed by atoms with van der Waals surface area (Å²) in [5, 5.41) is 17.1. The monoisotopic (exact) mass is 1030 g/mol. The van der Waals surface area contributed by atoms with Gasteiger partial charge < -0.3 is 87.2 Å². The SMILES string of the molecule is CCOCCOCCCC(=O)[C@@H](CCCCNC(=O)[C@@H](CCCCNC(=O)[C@H](N)CCCCN)NC(=O)[C@H](N)CCCCN)NC(=O)[C@@H](CCCCNC(=O)[C@H](N)CCCCN)NC(=O)[C@H](N)CCCCN. The smallest absolute Gasteiger partial charge is 0.243 e. The second-order valence-corrected chi connectivity index (χ2v) is 18.5. The Morgan fingerprint density at radius 3 is 1.10 bits per heavy atom. The molecule has 0 aromatic heterocycles. The highest BCUT2D eigenvalue weighted by Gasteiger charge is 2.28. The van der Waals surface area contributed by atoms with Crippen molar-refractivity contribution in [1.82, 2.24) is 31.9 Å². The first kappa shape index (κ1) is 68.1. The van der Waals surface area contributed by atoms with Gasteiger partial charge in [0.05, 0.1) is 43.4 Å². The number of rotatable bonds is 49. The maximum atomic E-state index is 14.0. The number of unbranched alkanes of at least 4 members (excludes halogenated alkanes) is 7. The number of carbonyl (C=O) groups excluding carboxylic acids is 7. The molecule has 0 aromatic rings. The van der Waals surface area contributed by atoms with Crippen LogP contribution in [-0.4, -0.2) is 156 Å². The van der Waals surface area contributed by atoms with Crippen LogP contribution in [0.25, 0.3) is 0 Å². The van der Waals surface area contributed by atoms with Crippen LogP contribution < -0.4 is 77.8 Å². The fourth-order valence-corrected chi connectivity index (χ4v) is 7.57. The number of nitrogens with one attached hydrogen (secondary N) is 6. The van der Waals surface area contributed by atoms with Gasteiger partial charge in [0, 0.05) is 39.3 Å². The molecule has 0 rings (SSSR count). The summed E-state index contributed by atoms with van der Waals surface area (Å²) in [5.41, 5.74) is 46.7. The van der Waals surface area contributed by atoms with Crippen molar-refractivity contribution in [1.29, 1.82) is 0 Å². The molecule has 0 spiro atoms. The summed E-state index contributed by atoms with van der Waals surface area (Å²) in [6.45, 7) is 6.44. The van der Waals surface area contributed by atoms with E-state index < -0.39 is 65.9 Å². The Labute approximate surface area is 430 Å². The molecule has 0 aliphatic heterocycles. The van der Waals surface area contributed by atoms with E-state index >= 15 is 0 Å². The molecular formula is C49H100N14O9. The number of Topliss-reactive ketones (excluding diaryl/α,β-unsaturated/α-hetero) is 1. The van der Waals surface area contributed by atoms with Crippen molar-refractivity contribution in [3.8, 4) is 0 Å². The first-order valence-corrected chi connectivity index (χ1v) is 26.9. The lowest BCUT2D eigenvalue weighted by molar-refractivity contribution is -0.132. The highest BCUT2D eigenvalue weighted by molar-refractivity contribution is 5.93. The maximum Gasteiger partial charge on any atom is 0.243 e. The molecule has 0 aliphatic rings. The van der Waals surface area contributed by atoms with Gasteiger partial charge in [0.1, 0.15) is 12.1 Å². The normalized spacial score (nSPS) is 14.2. The molecule has 0 unspecified atom stereocenters. The second-order valence-electron chi connectivity index (χ2n) is 18.5. The summed E-state index contributed by atoms with van der Waals surface area (Å²) in [6, 6.07) is -5.81. The minimum Gasteiger partial charge on any atom is -0.379 e. The molecule has 0 radical (unpaired) electrons. The average molecular weight is 1030 g/mol. The number of amides is 6. The molecule has 23 nitrogen and oxygen atoms in total. The number of nitrogens with two attached hydrogens (primary N) is 8. The van der Waals surface area contributed by atoms with Crippen molar-refractivity contribution < 1.29 is 43.0 Å². The van der Waals surface area contributed by atoms with Gasteiger partial charge in [-0.25, -0.2) is 0 Å². The second kappa shape index (κ2) is 45.7. The van der Waals surface area contributed by atoms with Crippen LogP contribution in [0.2, 0.25) is 0 Å². The molecule has 0 heterocycles. The van der Waals surface area contributed by atoms with E-state index in [1.807, 2.05) is 6.92 Å². The first-order valence-electron chi connectivity index (χ1n) is 26.9. The zero-order valence-electron chi connectivity index (χ0n) is 43.9. The highest BCUT2D eigenvalue weighted by Crippen LogP contribution is 2.11. The fourth-order valence-electron chi connectivity index (χ4n) is 7.57. The minimum absolute atomic E-state index is 0.119. The molecule has 0 bridgehead atoms. The average Bonchev–Trinajstić information content (AvgIpc) is 3.36. The molecule has 6 amide bonds. The van der Waals surface area contributed by atoms with Crippen molar-refractivity contribution in [2.75, 3.05) is 72.2 Å². The molecule has 7 atom stereocenters. The quantitative estimate of drug-likeness (QED) is 0.0309. The Hall–Kier alpha value is -3.91. The van der Waals surface area contributed by atoms with Crippen molar-refractivity contribution in [2.24, 2.45) is 45.9 Å². The van der Waals surface area contributed by atoms with Gasteiger partial charge in [-0.05, 0) is 149 Å². The summed E-state index contributed by atoms with van der Waals surface area (Å²) in [4.78, 5) is 92.6. The van der Waals surface area contributed by atoms with E-state index in [1.54, 1.807) is 0 Å². The molecule has 0 saturated carbocycles. The largest absolute Gasteiger partial charge is 0.379 e. The van der Waals surface area contributed by atoms with Gasteiger partial charge in [-0.2, -0.15) is 0 Å². The molecule has 23 heteroatoms. The molecule has 0 fully saturated rings. The molecule has 0 saturated heterocycles. The lowest BCUT2D eigenvalue weighted by Gasteiger charge is -2.24. The molecule has 72 heavy (non-hydrogen) atoms. The zero-order valence-corrected chi connectivity index (χ0v) is 43.9. The van der Waals surface area contributed by atoms with Crippen molar-refractivity contribution in [2.45, 2.75) is 197 Å². The number of ether oxygens (including phenoxy) is 2. The van der Waals surface area contributed by atoms with E-state index in [9.17, 15) is 33.6 Å². The standard InChI is InChI=1S/C49H100N14O9/c1-2-71-34-35-72-33-17-25-43(64)40(61-49(70)42(63-47(68)39(57)21-6-13-29-53)24-9-16-31-59-45(66)37(55)19-4-11-27-51)22-7-14-32-60-48(69)41(62-46(67)38(56)20-5-12-28-52)23-8-15-30-58-44(65)36(54)18-3-10-26-50/h36-42H,2-35,50-57H2,1H3,(H,58,65)(H,59,66)(H,60,69)(H,61,70)(H,62,67)(H,63,68)/t36-,37-,38-,39-,40-,41-,42-/m1/s1. The summed E-state index contributed by atoms with van der Waals surface area (Å²) in [7, 11) is 0. The van der Waals surface area contributed by atoms with Crippen LogP contribution in [0.5, 0.6) is 0 Å². The Morgan fingerprint density at radius 2 is 0.694 bits per heavy atom. The van der Waals surface area contributed by atoms with Crippen LogP contribution in [0.1, 0.15) is 155 Å². The summed E-state index contributed by atoms with van der Waals surface area (Å²) in [6.07, 6.45) is 11.7. The highest BCUT2D eigenvalue weighted by atomic mass is 16.5. The van der Waals surface area contributed by atoms with Crippen LogP contribution in [0.3, 0.4) is 0 Å². The fraction of sp³-hybridized carbons (Fsp3) is 0.857. The van der Waals surface area contributed by atoms with Crippen molar-refractivity contribution in [3.05, 3.63) is 0 Å². The summed E-state index contributed by atoms with van der Waals surface area (Å²) >= 11 is 0. The van der Waals surface area contributed by atoms with Gasteiger partial charge in [0.15, 0.2) is 5.78 Å². The third-order valence-electron chi connectivity index (χ3n) is 12.1. The van der Waals surface area contributed by atoms with Crippen LogP contribution in [0.4, 0.5) is 0 Å². The lowest BCUT2D eigenvalue weighted by atomic mass is 10.00.